The number of rotatable bonds is 4. The van der Waals surface area contributed by atoms with Gasteiger partial charge in [0.15, 0.2) is 0 Å². The number of ether oxygens (including phenoxy) is 1. The lowest BCUT2D eigenvalue weighted by molar-refractivity contribution is 0.0730. The minimum Gasteiger partial charge on any atom is -0.379 e. The van der Waals surface area contributed by atoms with Crippen molar-refractivity contribution in [2.75, 3.05) is 31.6 Å². The summed E-state index contributed by atoms with van der Waals surface area (Å²) < 4.78 is 31.8. The fourth-order valence-electron chi connectivity index (χ4n) is 3.16. The Hall–Kier alpha value is -3.08. The van der Waals surface area contributed by atoms with Crippen molar-refractivity contribution in [2.24, 2.45) is 0 Å². The zero-order valence-electron chi connectivity index (χ0n) is 15.2. The predicted octanol–water partition coefficient (Wildman–Crippen LogP) is 0.843. The van der Waals surface area contributed by atoms with Crippen LogP contribution in [0.15, 0.2) is 47.4 Å². The Morgan fingerprint density at radius 1 is 0.966 bits per heavy atom. The predicted molar refractivity (Wildman–Crippen MR) is 102 cm³/mol. The Morgan fingerprint density at radius 3 is 2.31 bits per heavy atom. The van der Waals surface area contributed by atoms with E-state index in [0.29, 0.717) is 32.0 Å². The second-order valence-electron chi connectivity index (χ2n) is 6.54. The third-order valence-corrected chi connectivity index (χ3v) is 6.63. The fourth-order valence-corrected chi connectivity index (χ4v) is 4.57. The third kappa shape index (κ3) is 3.65. The highest BCUT2D eigenvalue weighted by Gasteiger charge is 2.28. The summed E-state index contributed by atoms with van der Waals surface area (Å²) in [4.78, 5) is 35.9. The molecule has 2 aliphatic rings. The molecular weight excluding hydrogens is 398 g/mol. The molecule has 2 aliphatic heterocycles. The summed E-state index contributed by atoms with van der Waals surface area (Å²) in [6, 6.07) is 10.0. The van der Waals surface area contributed by atoms with Gasteiger partial charge < -0.3 is 10.1 Å². The number of carbonyl (C=O) groups is 3. The molecule has 9 nitrogen and oxygen atoms in total. The number of nitrogens with one attached hydrogen (secondary N) is 2. The molecule has 1 saturated heterocycles. The highest BCUT2D eigenvalue weighted by Crippen LogP contribution is 2.22. The maximum Gasteiger partial charge on any atom is 0.259 e. The Labute approximate surface area is 166 Å². The molecular formula is C19H17N3O6S. The molecule has 2 heterocycles. The molecule has 0 bridgehead atoms. The Balaban J connectivity index is 1.50. The molecule has 0 atom stereocenters. The van der Waals surface area contributed by atoms with Crippen molar-refractivity contribution >= 4 is 33.4 Å². The lowest BCUT2D eigenvalue weighted by atomic mass is 10.1. The van der Waals surface area contributed by atoms with Crippen LogP contribution in [0, 0.1) is 0 Å². The van der Waals surface area contributed by atoms with Crippen LogP contribution in [0.25, 0.3) is 0 Å². The zero-order valence-corrected chi connectivity index (χ0v) is 16.0. The van der Waals surface area contributed by atoms with E-state index in [1.54, 1.807) is 0 Å². The van der Waals surface area contributed by atoms with Crippen LogP contribution < -0.4 is 10.6 Å². The van der Waals surface area contributed by atoms with Gasteiger partial charge in [0, 0.05) is 24.3 Å². The Kier molecular flexibility index (Phi) is 4.91. The van der Waals surface area contributed by atoms with E-state index < -0.39 is 27.7 Å². The van der Waals surface area contributed by atoms with E-state index in [-0.39, 0.29) is 21.6 Å². The van der Waals surface area contributed by atoms with Crippen LogP contribution in [0.3, 0.4) is 0 Å². The third-order valence-electron chi connectivity index (χ3n) is 4.72. The monoisotopic (exact) mass is 415 g/mol. The quantitative estimate of drug-likeness (QED) is 0.714. The standard InChI is InChI=1S/C19H17N3O6S/c23-17(20-13-3-6-15-16(11-13)19(25)21-18(15)24)12-1-4-14(5-2-12)29(26,27)22-7-9-28-10-8-22/h1-6,11H,7-10H2,(H,20,23)(H,21,24,25). The van der Waals surface area contributed by atoms with Crippen LogP contribution in [0.2, 0.25) is 0 Å². The second kappa shape index (κ2) is 7.39. The average Bonchev–Trinajstić information content (AvgIpc) is 3.02. The normalized spacial score (nSPS) is 17.0. The molecule has 0 aliphatic carbocycles. The van der Waals surface area contributed by atoms with E-state index in [1.165, 1.54) is 46.8 Å². The van der Waals surface area contributed by atoms with Crippen LogP contribution >= 0.6 is 0 Å². The summed E-state index contributed by atoms with van der Waals surface area (Å²) in [6.07, 6.45) is 0. The van der Waals surface area contributed by atoms with Gasteiger partial charge in [-0.1, -0.05) is 0 Å². The highest BCUT2D eigenvalue weighted by molar-refractivity contribution is 7.89. The molecule has 29 heavy (non-hydrogen) atoms. The van der Waals surface area contributed by atoms with Crippen molar-refractivity contribution in [2.45, 2.75) is 4.90 Å². The smallest absolute Gasteiger partial charge is 0.259 e. The van der Waals surface area contributed by atoms with Crippen LogP contribution in [-0.2, 0) is 14.8 Å². The van der Waals surface area contributed by atoms with Gasteiger partial charge >= 0.3 is 0 Å². The molecule has 1 fully saturated rings. The van der Waals surface area contributed by atoms with E-state index >= 15 is 0 Å². The van der Waals surface area contributed by atoms with Crippen molar-refractivity contribution < 1.29 is 27.5 Å². The molecule has 0 spiro atoms. The first kappa shape index (κ1) is 19.2. The summed E-state index contributed by atoms with van der Waals surface area (Å²) >= 11 is 0. The first-order valence-electron chi connectivity index (χ1n) is 8.85. The number of morpholine rings is 1. The number of hydrogen-bond acceptors (Lipinski definition) is 6. The van der Waals surface area contributed by atoms with E-state index in [2.05, 4.69) is 10.6 Å². The van der Waals surface area contributed by atoms with Gasteiger partial charge in [0.2, 0.25) is 10.0 Å². The SMILES string of the molecule is O=C(Nc1ccc2c(c1)C(=O)NC2=O)c1ccc(S(=O)(=O)N2CCOCC2)cc1. The van der Waals surface area contributed by atoms with Gasteiger partial charge in [0.1, 0.15) is 0 Å². The van der Waals surface area contributed by atoms with Crippen LogP contribution in [0.4, 0.5) is 5.69 Å². The lowest BCUT2D eigenvalue weighted by Crippen LogP contribution is -2.40. The zero-order chi connectivity index (χ0) is 20.6. The molecule has 0 radical (unpaired) electrons. The average molecular weight is 415 g/mol. The molecule has 2 aromatic rings. The van der Waals surface area contributed by atoms with Gasteiger partial charge in [-0.2, -0.15) is 4.31 Å². The van der Waals surface area contributed by atoms with Gasteiger partial charge in [-0.05, 0) is 42.5 Å². The van der Waals surface area contributed by atoms with Gasteiger partial charge in [-0.3, -0.25) is 19.7 Å². The minimum atomic E-state index is -3.64. The fraction of sp³-hybridized carbons (Fsp3) is 0.211. The molecule has 0 aromatic heterocycles. The Morgan fingerprint density at radius 2 is 1.62 bits per heavy atom. The molecule has 2 N–H and O–H groups in total. The minimum absolute atomic E-state index is 0.101. The number of sulfonamides is 1. The molecule has 0 saturated carbocycles. The van der Waals surface area contributed by atoms with Crippen LogP contribution in [0.5, 0.6) is 0 Å². The topological polar surface area (TPSA) is 122 Å². The second-order valence-corrected chi connectivity index (χ2v) is 8.48. The van der Waals surface area contributed by atoms with Crippen LogP contribution in [-0.4, -0.2) is 56.7 Å². The summed E-state index contributed by atoms with van der Waals surface area (Å²) in [5.41, 5.74) is 1.06. The van der Waals surface area contributed by atoms with Crippen LogP contribution in [0.1, 0.15) is 31.1 Å². The molecule has 10 heteroatoms. The van der Waals surface area contributed by atoms with Gasteiger partial charge in [-0.15, -0.1) is 0 Å². The number of carbonyl (C=O) groups excluding carboxylic acids is 3. The lowest BCUT2D eigenvalue weighted by Gasteiger charge is -2.26. The van der Waals surface area contributed by atoms with E-state index in [0.717, 1.165) is 0 Å². The first-order valence-corrected chi connectivity index (χ1v) is 10.3. The number of amides is 3. The van der Waals surface area contributed by atoms with Gasteiger partial charge in [0.25, 0.3) is 17.7 Å². The van der Waals surface area contributed by atoms with Gasteiger partial charge in [0.05, 0.1) is 29.2 Å². The van der Waals surface area contributed by atoms with Crippen molar-refractivity contribution in [3.8, 4) is 0 Å². The van der Waals surface area contributed by atoms with Crippen molar-refractivity contribution in [1.29, 1.82) is 0 Å². The van der Waals surface area contributed by atoms with E-state index in [4.69, 9.17) is 4.74 Å². The maximum atomic E-state index is 12.6. The first-order chi connectivity index (χ1) is 13.9. The molecule has 0 unspecified atom stereocenters. The van der Waals surface area contributed by atoms with E-state index in [9.17, 15) is 22.8 Å². The van der Waals surface area contributed by atoms with Crippen molar-refractivity contribution in [3.05, 3.63) is 59.2 Å². The summed E-state index contributed by atoms with van der Waals surface area (Å²) in [7, 11) is -3.64. The molecule has 150 valence electrons. The number of imide groups is 1. The maximum absolute atomic E-state index is 12.6. The largest absolute Gasteiger partial charge is 0.379 e. The number of hydrogen-bond donors (Lipinski definition) is 2. The Bertz CT molecular complexity index is 1110. The van der Waals surface area contributed by atoms with Crippen molar-refractivity contribution in [1.82, 2.24) is 9.62 Å². The number of anilines is 1. The number of nitrogens with zero attached hydrogens (tertiary/aromatic N) is 1. The summed E-state index contributed by atoms with van der Waals surface area (Å²) in [5, 5.41) is 4.82. The van der Waals surface area contributed by atoms with Crippen molar-refractivity contribution in [3.63, 3.8) is 0 Å². The molecule has 4 rings (SSSR count). The molecule has 3 amide bonds. The number of fused-ring (bicyclic) bond motifs is 1. The summed E-state index contributed by atoms with van der Waals surface area (Å²) in [5.74, 6) is -1.45. The van der Waals surface area contributed by atoms with Gasteiger partial charge in [-0.25, -0.2) is 8.42 Å². The number of benzene rings is 2. The molecule has 2 aromatic carbocycles. The highest BCUT2D eigenvalue weighted by atomic mass is 32.2. The van der Waals surface area contributed by atoms with E-state index in [1.807, 2.05) is 0 Å². The summed E-state index contributed by atoms with van der Waals surface area (Å²) in [6.45, 7) is 1.28.